The lowest BCUT2D eigenvalue weighted by Gasteiger charge is -2.46. The van der Waals surface area contributed by atoms with Gasteiger partial charge in [-0.1, -0.05) is 69.3 Å². The maximum atomic E-state index is 12.5. The summed E-state index contributed by atoms with van der Waals surface area (Å²) in [6, 6.07) is 27.0. The Balaban J connectivity index is 1.17. The molecular weight excluding hydrogens is 532 g/mol. The summed E-state index contributed by atoms with van der Waals surface area (Å²) in [6.45, 7) is 10.1. The summed E-state index contributed by atoms with van der Waals surface area (Å²) >= 11 is 0. The fourth-order valence-corrected chi connectivity index (χ4v) is 8.51. The Bertz CT molecular complexity index is 1410. The maximum Gasteiger partial charge on any atom is 0.324 e. The molecule has 2 unspecified atom stereocenters. The van der Waals surface area contributed by atoms with Crippen LogP contribution in [0.1, 0.15) is 87.0 Å². The van der Waals surface area contributed by atoms with Crippen LogP contribution in [-0.2, 0) is 11.2 Å². The van der Waals surface area contributed by atoms with E-state index in [9.17, 15) is 9.90 Å². The van der Waals surface area contributed by atoms with Crippen LogP contribution in [0.25, 0.3) is 0 Å². The van der Waals surface area contributed by atoms with E-state index in [2.05, 4.69) is 103 Å². The summed E-state index contributed by atoms with van der Waals surface area (Å²) in [6.07, 6.45) is 6.12. The molecule has 3 aromatic rings. The van der Waals surface area contributed by atoms with E-state index in [1.165, 1.54) is 27.9 Å². The van der Waals surface area contributed by atoms with Crippen molar-refractivity contribution in [3.63, 3.8) is 0 Å². The number of fused-ring (bicyclic) bond motifs is 1. The minimum Gasteiger partial charge on any atom is -0.497 e. The molecule has 3 atom stereocenters. The van der Waals surface area contributed by atoms with Crippen molar-refractivity contribution in [2.75, 3.05) is 38.2 Å². The first-order valence-electron chi connectivity index (χ1n) is 16.3. The first-order chi connectivity index (χ1) is 20.7. The number of piperidine rings is 1. The zero-order valence-electron chi connectivity index (χ0n) is 26.4. The van der Waals surface area contributed by atoms with Gasteiger partial charge in [-0.15, -0.1) is 0 Å². The topological polar surface area (TPSA) is 53.0 Å². The van der Waals surface area contributed by atoms with E-state index in [1.807, 2.05) is 0 Å². The summed E-state index contributed by atoms with van der Waals surface area (Å²) in [5.41, 5.74) is 5.86. The van der Waals surface area contributed by atoms with Gasteiger partial charge in [0.1, 0.15) is 11.3 Å². The number of benzene rings is 3. The van der Waals surface area contributed by atoms with Crippen LogP contribution in [0, 0.1) is 11.3 Å². The third kappa shape index (κ3) is 5.57. The van der Waals surface area contributed by atoms with Crippen molar-refractivity contribution in [2.24, 2.45) is 11.3 Å². The highest BCUT2D eigenvalue weighted by Gasteiger charge is 2.55. The van der Waals surface area contributed by atoms with Crippen LogP contribution >= 0.6 is 0 Å². The number of anilines is 1. The summed E-state index contributed by atoms with van der Waals surface area (Å²) in [4.78, 5) is 17.4. The second-order valence-electron chi connectivity index (χ2n) is 14.1. The molecular formula is C38H48N2O3. The summed E-state index contributed by atoms with van der Waals surface area (Å²) in [5, 5.41) is 10.3. The molecule has 2 saturated heterocycles. The van der Waals surface area contributed by atoms with Crippen molar-refractivity contribution in [3.05, 3.63) is 95.1 Å². The highest BCUT2D eigenvalue weighted by atomic mass is 16.5. The Morgan fingerprint density at radius 1 is 0.930 bits per heavy atom. The van der Waals surface area contributed by atoms with Gasteiger partial charge in [-0.25, -0.2) is 0 Å². The number of carboxylic acid groups (broad SMARTS) is 1. The van der Waals surface area contributed by atoms with Crippen LogP contribution in [0.15, 0.2) is 72.8 Å². The largest absolute Gasteiger partial charge is 0.497 e. The van der Waals surface area contributed by atoms with E-state index in [4.69, 9.17) is 4.74 Å². The number of carboxylic acids is 1. The molecule has 3 aromatic carbocycles. The first kappa shape index (κ1) is 29.7. The average Bonchev–Trinajstić information content (AvgIpc) is 3.46. The molecule has 2 aliphatic heterocycles. The SMILES string of the molecule is COc1ccc2c(c1)CCC(c1ccccc1)C2c1ccc(N2CCC(CN3CCC[C@@]3(C(=O)O)C(C)(C)C)CC2)cc1. The molecule has 2 fully saturated rings. The number of methoxy groups -OCH3 is 1. The van der Waals surface area contributed by atoms with E-state index in [0.29, 0.717) is 17.8 Å². The molecule has 5 nitrogen and oxygen atoms in total. The Hall–Kier alpha value is -3.31. The van der Waals surface area contributed by atoms with Gasteiger partial charge in [0.05, 0.1) is 7.11 Å². The van der Waals surface area contributed by atoms with Gasteiger partial charge in [-0.05, 0) is 109 Å². The number of rotatable bonds is 7. The van der Waals surface area contributed by atoms with E-state index in [1.54, 1.807) is 7.11 Å². The summed E-state index contributed by atoms with van der Waals surface area (Å²) in [5.74, 6) is 1.59. The normalized spacial score (nSPS) is 25.0. The second-order valence-corrected chi connectivity index (χ2v) is 14.1. The molecule has 0 radical (unpaired) electrons. The zero-order chi connectivity index (χ0) is 30.2. The third-order valence-electron chi connectivity index (χ3n) is 10.9. The first-order valence-corrected chi connectivity index (χ1v) is 16.3. The molecule has 43 heavy (non-hydrogen) atoms. The number of ether oxygens (including phenoxy) is 1. The smallest absolute Gasteiger partial charge is 0.324 e. The quantitative estimate of drug-likeness (QED) is 0.310. The van der Waals surface area contributed by atoms with Gasteiger partial charge in [0.2, 0.25) is 0 Å². The number of hydrogen-bond acceptors (Lipinski definition) is 4. The van der Waals surface area contributed by atoms with Crippen LogP contribution in [0.5, 0.6) is 5.75 Å². The maximum absolute atomic E-state index is 12.5. The standard InChI is InChI=1S/C38H48N2O3/c1-37(2,3)38(36(41)42)21-8-22-40(38)26-27-19-23-39(24-20-27)31-14-11-29(12-15-31)35-33(28-9-6-5-7-10-28)17-13-30-25-32(43-4)16-18-34(30)35/h5-7,9-12,14-16,18,25,27,33,35H,8,13,17,19-24,26H2,1-4H3,(H,41,42)/t33?,35?,38-/m1/s1. The minimum atomic E-state index is -0.750. The zero-order valence-corrected chi connectivity index (χ0v) is 26.4. The molecule has 228 valence electrons. The van der Waals surface area contributed by atoms with E-state index in [0.717, 1.165) is 70.5 Å². The molecule has 6 rings (SSSR count). The monoisotopic (exact) mass is 580 g/mol. The van der Waals surface area contributed by atoms with Crippen molar-refractivity contribution >= 4 is 11.7 Å². The molecule has 2 heterocycles. The molecule has 1 N–H and O–H groups in total. The van der Waals surface area contributed by atoms with E-state index < -0.39 is 11.5 Å². The Morgan fingerprint density at radius 3 is 2.30 bits per heavy atom. The summed E-state index contributed by atoms with van der Waals surface area (Å²) in [7, 11) is 1.75. The van der Waals surface area contributed by atoms with Gasteiger partial charge in [0.15, 0.2) is 0 Å². The molecule has 3 aliphatic rings. The molecule has 1 aliphatic carbocycles. The van der Waals surface area contributed by atoms with Crippen LogP contribution in [0.3, 0.4) is 0 Å². The molecule has 0 spiro atoms. The summed E-state index contributed by atoms with van der Waals surface area (Å²) < 4.78 is 5.56. The van der Waals surface area contributed by atoms with Crippen molar-refractivity contribution < 1.29 is 14.6 Å². The van der Waals surface area contributed by atoms with Gasteiger partial charge in [0, 0.05) is 31.2 Å². The van der Waals surface area contributed by atoms with E-state index in [-0.39, 0.29) is 5.41 Å². The van der Waals surface area contributed by atoms with Gasteiger partial charge in [-0.3, -0.25) is 9.69 Å². The molecule has 0 saturated carbocycles. The van der Waals surface area contributed by atoms with Crippen molar-refractivity contribution in [2.45, 2.75) is 76.7 Å². The van der Waals surface area contributed by atoms with Crippen LogP contribution in [-0.4, -0.2) is 54.8 Å². The fraction of sp³-hybridized carbons (Fsp3) is 0.500. The lowest BCUT2D eigenvalue weighted by Crippen LogP contribution is -2.60. The predicted molar refractivity (Wildman–Crippen MR) is 174 cm³/mol. The molecule has 0 bridgehead atoms. The van der Waals surface area contributed by atoms with Crippen LogP contribution in [0.4, 0.5) is 5.69 Å². The molecule has 5 heteroatoms. The molecule has 0 aromatic heterocycles. The van der Waals surface area contributed by atoms with Crippen LogP contribution in [0.2, 0.25) is 0 Å². The third-order valence-corrected chi connectivity index (χ3v) is 10.9. The van der Waals surface area contributed by atoms with Crippen molar-refractivity contribution in [3.8, 4) is 5.75 Å². The fourth-order valence-electron chi connectivity index (χ4n) is 8.51. The predicted octanol–water partition coefficient (Wildman–Crippen LogP) is 7.74. The minimum absolute atomic E-state index is 0.289. The number of hydrogen-bond donors (Lipinski definition) is 1. The number of carbonyl (C=O) groups is 1. The van der Waals surface area contributed by atoms with Crippen molar-refractivity contribution in [1.82, 2.24) is 4.90 Å². The van der Waals surface area contributed by atoms with E-state index >= 15 is 0 Å². The highest BCUT2D eigenvalue weighted by Crippen LogP contribution is 2.48. The lowest BCUT2D eigenvalue weighted by atomic mass is 9.69. The average molecular weight is 581 g/mol. The highest BCUT2D eigenvalue weighted by molar-refractivity contribution is 5.80. The van der Waals surface area contributed by atoms with Gasteiger partial charge in [-0.2, -0.15) is 0 Å². The number of aliphatic carboxylic acids is 1. The number of aryl methyl sites for hydroxylation is 1. The number of nitrogens with zero attached hydrogens (tertiary/aromatic N) is 2. The van der Waals surface area contributed by atoms with Gasteiger partial charge in [0.25, 0.3) is 0 Å². The van der Waals surface area contributed by atoms with Crippen molar-refractivity contribution in [1.29, 1.82) is 0 Å². The Labute approximate surface area is 257 Å². The molecule has 0 amide bonds. The Morgan fingerprint density at radius 2 is 1.65 bits per heavy atom. The van der Waals surface area contributed by atoms with Gasteiger partial charge >= 0.3 is 5.97 Å². The Kier molecular flexibility index (Phi) is 8.30. The second kappa shape index (κ2) is 12.0. The van der Waals surface area contributed by atoms with Gasteiger partial charge < -0.3 is 14.7 Å². The lowest BCUT2D eigenvalue weighted by molar-refractivity contribution is -0.158. The number of likely N-dealkylation sites (tertiary alicyclic amines) is 1. The van der Waals surface area contributed by atoms with Crippen LogP contribution < -0.4 is 9.64 Å².